The number of esters is 1. The average Bonchev–Trinajstić information content (AvgIpc) is 3.00. The molecule has 0 aliphatic heterocycles. The Morgan fingerprint density at radius 1 is 1.30 bits per heavy atom. The fraction of sp³-hybridized carbons (Fsp3) is 0.429. The van der Waals surface area contributed by atoms with Gasteiger partial charge in [-0.15, -0.1) is 11.3 Å². The first-order chi connectivity index (χ1) is 14.2. The van der Waals surface area contributed by atoms with Crippen molar-refractivity contribution in [3.8, 4) is 5.75 Å². The van der Waals surface area contributed by atoms with Crippen LogP contribution in [-0.2, 0) is 11.3 Å². The zero-order valence-corrected chi connectivity index (χ0v) is 18.5. The van der Waals surface area contributed by atoms with E-state index in [0.717, 1.165) is 17.8 Å². The third-order valence-corrected chi connectivity index (χ3v) is 5.66. The lowest BCUT2D eigenvalue weighted by Gasteiger charge is -2.10. The van der Waals surface area contributed by atoms with Crippen molar-refractivity contribution >= 4 is 27.5 Å². The van der Waals surface area contributed by atoms with Crippen LogP contribution in [0.3, 0.4) is 0 Å². The average molecular weight is 432 g/mol. The van der Waals surface area contributed by atoms with Crippen molar-refractivity contribution in [1.82, 2.24) is 14.5 Å². The van der Waals surface area contributed by atoms with Crippen LogP contribution in [0.2, 0.25) is 0 Å². The van der Waals surface area contributed by atoms with Crippen LogP contribution in [0, 0.1) is 13.8 Å². The van der Waals surface area contributed by atoms with Gasteiger partial charge in [0.05, 0.1) is 24.6 Å². The molecule has 1 N–H and O–H groups in total. The Balaban J connectivity index is 2.00. The molecular formula is C21H25N3O5S. The van der Waals surface area contributed by atoms with Gasteiger partial charge in [0.15, 0.2) is 5.75 Å². The summed E-state index contributed by atoms with van der Waals surface area (Å²) in [5.74, 6) is 0.283. The summed E-state index contributed by atoms with van der Waals surface area (Å²) in [4.78, 5) is 46.2. The predicted molar refractivity (Wildman–Crippen MR) is 116 cm³/mol. The molecule has 0 aliphatic carbocycles. The van der Waals surface area contributed by atoms with E-state index in [9.17, 15) is 14.4 Å². The van der Waals surface area contributed by atoms with Crippen molar-refractivity contribution in [2.75, 3.05) is 6.61 Å². The summed E-state index contributed by atoms with van der Waals surface area (Å²) in [7, 11) is 0. The first-order valence-electron chi connectivity index (χ1n) is 9.78. The molecule has 0 aliphatic rings. The molecular weight excluding hydrogens is 406 g/mol. The number of pyridine rings is 1. The Hall–Kier alpha value is -2.94. The fourth-order valence-electron chi connectivity index (χ4n) is 3.05. The van der Waals surface area contributed by atoms with E-state index >= 15 is 0 Å². The molecule has 0 spiro atoms. The number of aromatic amines is 1. The highest BCUT2D eigenvalue weighted by molar-refractivity contribution is 7.20. The van der Waals surface area contributed by atoms with Crippen LogP contribution in [0.1, 0.15) is 53.9 Å². The standard InChI is InChI=1S/C21H25N3O5S/c1-6-7-28-16-9-22-14(8-15(16)25)10-24-13(5)23-19-17(20(24)26)12(4)18(30-19)21(27)29-11(2)3/h8-9,11H,6-7,10H2,1-5H3,(H,22,25). The summed E-state index contributed by atoms with van der Waals surface area (Å²) in [5, 5.41) is 0.395. The number of aromatic nitrogens is 3. The van der Waals surface area contributed by atoms with Crippen molar-refractivity contribution in [3.63, 3.8) is 0 Å². The number of carbonyl (C=O) groups is 1. The summed E-state index contributed by atoms with van der Waals surface area (Å²) < 4.78 is 12.2. The number of H-pyrrole nitrogens is 1. The van der Waals surface area contributed by atoms with E-state index in [-0.39, 0.29) is 29.4 Å². The molecule has 0 radical (unpaired) electrons. The zero-order valence-electron chi connectivity index (χ0n) is 17.7. The Morgan fingerprint density at radius 3 is 2.67 bits per heavy atom. The van der Waals surface area contributed by atoms with E-state index in [2.05, 4.69) is 9.97 Å². The van der Waals surface area contributed by atoms with Crippen LogP contribution in [0.15, 0.2) is 21.9 Å². The number of carbonyl (C=O) groups excluding carboxylic acids is 1. The zero-order chi connectivity index (χ0) is 22.0. The molecule has 0 atom stereocenters. The number of hydrogen-bond donors (Lipinski definition) is 1. The van der Waals surface area contributed by atoms with Gasteiger partial charge in [-0.05, 0) is 39.7 Å². The van der Waals surface area contributed by atoms with Crippen LogP contribution in [0.25, 0.3) is 10.2 Å². The molecule has 0 fully saturated rings. The minimum Gasteiger partial charge on any atom is -0.488 e. The third kappa shape index (κ3) is 4.30. The SMILES string of the molecule is CCCOc1c[nH]c(Cn2c(C)nc3sc(C(=O)OC(C)C)c(C)c3c2=O)cc1=O. The first kappa shape index (κ1) is 21.8. The number of rotatable bonds is 7. The number of ether oxygens (including phenoxy) is 2. The molecule has 0 unspecified atom stereocenters. The highest BCUT2D eigenvalue weighted by Crippen LogP contribution is 2.28. The van der Waals surface area contributed by atoms with Gasteiger partial charge in [0.25, 0.3) is 5.56 Å². The number of thiophene rings is 1. The van der Waals surface area contributed by atoms with E-state index in [1.165, 1.54) is 16.8 Å². The molecule has 0 amide bonds. The second-order valence-corrected chi connectivity index (χ2v) is 8.28. The first-order valence-corrected chi connectivity index (χ1v) is 10.6. The molecule has 0 aromatic carbocycles. The van der Waals surface area contributed by atoms with E-state index < -0.39 is 5.97 Å². The highest BCUT2D eigenvalue weighted by Gasteiger charge is 2.22. The van der Waals surface area contributed by atoms with Gasteiger partial charge >= 0.3 is 5.97 Å². The summed E-state index contributed by atoms with van der Waals surface area (Å²) >= 11 is 1.16. The van der Waals surface area contributed by atoms with Crippen molar-refractivity contribution in [3.05, 3.63) is 54.8 Å². The molecule has 3 rings (SSSR count). The lowest BCUT2D eigenvalue weighted by molar-refractivity contribution is 0.0383. The lowest BCUT2D eigenvalue weighted by atomic mass is 10.2. The normalized spacial score (nSPS) is 11.3. The Morgan fingerprint density at radius 2 is 2.03 bits per heavy atom. The maximum atomic E-state index is 13.2. The molecule has 3 aromatic rings. The van der Waals surface area contributed by atoms with Gasteiger partial charge < -0.3 is 14.5 Å². The number of nitrogens with one attached hydrogen (secondary N) is 1. The van der Waals surface area contributed by atoms with Crippen molar-refractivity contribution in [2.24, 2.45) is 0 Å². The van der Waals surface area contributed by atoms with Gasteiger partial charge in [-0.25, -0.2) is 9.78 Å². The third-order valence-electron chi connectivity index (χ3n) is 4.50. The lowest BCUT2D eigenvalue weighted by Crippen LogP contribution is -2.25. The van der Waals surface area contributed by atoms with Gasteiger partial charge in [0, 0.05) is 18.0 Å². The van der Waals surface area contributed by atoms with Crippen LogP contribution in [0.5, 0.6) is 5.75 Å². The number of hydrogen-bond acceptors (Lipinski definition) is 7. The fourth-order valence-corrected chi connectivity index (χ4v) is 4.15. The molecule has 9 heteroatoms. The molecule has 160 valence electrons. The second kappa shape index (κ2) is 8.83. The van der Waals surface area contributed by atoms with Crippen LogP contribution >= 0.6 is 11.3 Å². The van der Waals surface area contributed by atoms with Gasteiger partial charge in [-0.1, -0.05) is 6.92 Å². The van der Waals surface area contributed by atoms with E-state index in [1.807, 2.05) is 6.92 Å². The van der Waals surface area contributed by atoms with E-state index in [4.69, 9.17) is 9.47 Å². The summed E-state index contributed by atoms with van der Waals surface area (Å²) in [6.45, 7) is 9.56. The van der Waals surface area contributed by atoms with Crippen molar-refractivity contribution in [2.45, 2.75) is 53.7 Å². The molecule has 3 heterocycles. The number of fused-ring (bicyclic) bond motifs is 1. The van der Waals surface area contributed by atoms with Crippen LogP contribution in [0.4, 0.5) is 0 Å². The van der Waals surface area contributed by atoms with Crippen molar-refractivity contribution < 1.29 is 14.3 Å². The maximum Gasteiger partial charge on any atom is 0.348 e. The largest absolute Gasteiger partial charge is 0.488 e. The van der Waals surface area contributed by atoms with Gasteiger partial charge in [-0.3, -0.25) is 14.2 Å². The number of nitrogens with zero attached hydrogens (tertiary/aromatic N) is 2. The highest BCUT2D eigenvalue weighted by atomic mass is 32.1. The van der Waals surface area contributed by atoms with E-state index in [1.54, 1.807) is 27.7 Å². The topological polar surface area (TPSA) is 103 Å². The molecule has 8 nitrogen and oxygen atoms in total. The quantitative estimate of drug-likeness (QED) is 0.577. The summed E-state index contributed by atoms with van der Waals surface area (Å²) in [5.41, 5.74) is 0.607. The Labute approximate surface area is 177 Å². The second-order valence-electron chi connectivity index (χ2n) is 7.28. The number of aryl methyl sites for hydroxylation is 2. The Kier molecular flexibility index (Phi) is 6.40. The predicted octanol–water partition coefficient (Wildman–Crippen LogP) is 3.17. The summed E-state index contributed by atoms with van der Waals surface area (Å²) in [6.07, 6.45) is 2.05. The smallest absolute Gasteiger partial charge is 0.348 e. The van der Waals surface area contributed by atoms with E-state index in [0.29, 0.717) is 38.8 Å². The van der Waals surface area contributed by atoms with Gasteiger partial charge in [0.2, 0.25) is 5.43 Å². The summed E-state index contributed by atoms with van der Waals surface area (Å²) in [6, 6.07) is 1.42. The minimum atomic E-state index is -0.457. The minimum absolute atomic E-state index is 0.151. The monoisotopic (exact) mass is 431 g/mol. The maximum absolute atomic E-state index is 13.2. The molecule has 30 heavy (non-hydrogen) atoms. The molecule has 0 bridgehead atoms. The Bertz CT molecular complexity index is 1210. The van der Waals surface area contributed by atoms with Gasteiger partial charge in [0.1, 0.15) is 15.5 Å². The van der Waals surface area contributed by atoms with Crippen LogP contribution in [-0.4, -0.2) is 33.2 Å². The van der Waals surface area contributed by atoms with Crippen LogP contribution < -0.4 is 15.7 Å². The van der Waals surface area contributed by atoms with Crippen molar-refractivity contribution in [1.29, 1.82) is 0 Å². The van der Waals surface area contributed by atoms with Gasteiger partial charge in [-0.2, -0.15) is 0 Å². The molecule has 3 aromatic heterocycles. The molecule has 0 saturated heterocycles. The molecule has 0 saturated carbocycles.